The fraction of sp³-hybridized carbons (Fsp3) is 0.409. The first-order chi connectivity index (χ1) is 14.1. The van der Waals surface area contributed by atoms with E-state index in [1.807, 2.05) is 10.8 Å². The molecular formula is C22H24ClF2N3OS. The summed E-state index contributed by atoms with van der Waals surface area (Å²) in [5.41, 5.74) is 1.64. The molecule has 30 heavy (non-hydrogen) atoms. The quantitative estimate of drug-likeness (QED) is 0.530. The molecule has 0 aliphatic heterocycles. The van der Waals surface area contributed by atoms with Crippen LogP contribution in [0.5, 0.6) is 0 Å². The minimum absolute atomic E-state index is 0.0220. The summed E-state index contributed by atoms with van der Waals surface area (Å²) in [5.74, 6) is -1.23. The van der Waals surface area contributed by atoms with E-state index in [9.17, 15) is 8.60 Å². The molecule has 1 aromatic carbocycles. The van der Waals surface area contributed by atoms with Gasteiger partial charge in [-0.2, -0.15) is 0 Å². The molecule has 8 heteroatoms. The van der Waals surface area contributed by atoms with Crippen molar-refractivity contribution < 1.29 is 13.0 Å². The summed E-state index contributed by atoms with van der Waals surface area (Å²) in [6, 6.07) is 4.18. The lowest BCUT2D eigenvalue weighted by Crippen LogP contribution is -2.19. The van der Waals surface area contributed by atoms with Crippen molar-refractivity contribution in [3.05, 3.63) is 52.8 Å². The molecule has 2 heterocycles. The number of nitrogens with one attached hydrogen (secondary N) is 1. The molecule has 1 aliphatic carbocycles. The molecule has 3 aromatic rings. The number of hydrogen-bond donors (Lipinski definition) is 1. The summed E-state index contributed by atoms with van der Waals surface area (Å²) in [6.07, 6.45) is 5.22. The van der Waals surface area contributed by atoms with E-state index < -0.39 is 22.6 Å². The number of fused-ring (bicyclic) bond motifs is 1. The van der Waals surface area contributed by atoms with E-state index in [1.165, 1.54) is 12.3 Å². The molecule has 1 fully saturated rings. The lowest BCUT2D eigenvalue weighted by atomic mass is 9.97. The van der Waals surface area contributed by atoms with Crippen LogP contribution in [0.2, 0.25) is 5.02 Å². The van der Waals surface area contributed by atoms with Crippen LogP contribution in [0.15, 0.2) is 30.6 Å². The average molecular weight is 452 g/mol. The van der Waals surface area contributed by atoms with Crippen LogP contribution in [-0.4, -0.2) is 19.0 Å². The van der Waals surface area contributed by atoms with Gasteiger partial charge < -0.3 is 4.57 Å². The van der Waals surface area contributed by atoms with Crippen molar-refractivity contribution >= 4 is 33.5 Å². The van der Waals surface area contributed by atoms with Gasteiger partial charge in [0, 0.05) is 47.2 Å². The van der Waals surface area contributed by atoms with Crippen molar-refractivity contribution in [1.29, 1.82) is 0 Å². The maximum atomic E-state index is 15.0. The number of hydrogen-bond acceptors (Lipinski definition) is 2. The maximum absolute atomic E-state index is 15.0. The Labute approximate surface area is 182 Å². The van der Waals surface area contributed by atoms with Gasteiger partial charge in [-0.15, -0.1) is 0 Å². The lowest BCUT2D eigenvalue weighted by molar-refractivity contribution is 0.349. The summed E-state index contributed by atoms with van der Waals surface area (Å²) in [7, 11) is -1.08. The lowest BCUT2D eigenvalue weighted by Gasteiger charge is -2.20. The van der Waals surface area contributed by atoms with Gasteiger partial charge in [0.1, 0.15) is 11.5 Å². The van der Waals surface area contributed by atoms with Crippen molar-refractivity contribution in [2.75, 3.05) is 0 Å². The van der Waals surface area contributed by atoms with E-state index in [-0.39, 0.29) is 26.9 Å². The van der Waals surface area contributed by atoms with Gasteiger partial charge >= 0.3 is 0 Å². The second-order valence-corrected chi connectivity index (χ2v) is 11.0. The third-order valence-corrected chi connectivity index (χ3v) is 6.70. The Bertz CT molecular complexity index is 1140. The van der Waals surface area contributed by atoms with Gasteiger partial charge in [-0.3, -0.25) is 4.98 Å². The van der Waals surface area contributed by atoms with Crippen molar-refractivity contribution in [2.45, 2.75) is 52.0 Å². The van der Waals surface area contributed by atoms with Gasteiger partial charge in [0.25, 0.3) is 0 Å². The van der Waals surface area contributed by atoms with E-state index >= 15 is 4.39 Å². The van der Waals surface area contributed by atoms with Crippen LogP contribution in [0.4, 0.5) is 8.78 Å². The zero-order valence-corrected chi connectivity index (χ0v) is 18.7. The SMILES string of the molecule is CC(C)(C)Cn1cc(CNS(=O)C2CC2)c2cc(F)c(-c3ncc(Cl)cc3F)cc21. The van der Waals surface area contributed by atoms with Crippen LogP contribution in [0.3, 0.4) is 0 Å². The van der Waals surface area contributed by atoms with Crippen LogP contribution in [-0.2, 0) is 24.1 Å². The summed E-state index contributed by atoms with van der Waals surface area (Å²) < 4.78 is 46.7. The monoisotopic (exact) mass is 451 g/mol. The minimum Gasteiger partial charge on any atom is -0.347 e. The van der Waals surface area contributed by atoms with Crippen molar-refractivity contribution in [3.63, 3.8) is 0 Å². The Balaban J connectivity index is 1.79. The second kappa shape index (κ2) is 8.02. The van der Waals surface area contributed by atoms with Gasteiger partial charge in [0.15, 0.2) is 5.82 Å². The molecular weight excluding hydrogens is 428 g/mol. The molecule has 1 unspecified atom stereocenters. The van der Waals surface area contributed by atoms with Crippen LogP contribution in [0.25, 0.3) is 22.2 Å². The largest absolute Gasteiger partial charge is 0.347 e. The number of halogens is 3. The summed E-state index contributed by atoms with van der Waals surface area (Å²) >= 11 is 5.80. The second-order valence-electron chi connectivity index (χ2n) is 8.99. The predicted octanol–water partition coefficient (Wildman–Crippen LogP) is 5.60. The molecule has 0 spiro atoms. The van der Waals surface area contributed by atoms with Crippen LogP contribution < -0.4 is 4.72 Å². The first-order valence-corrected chi connectivity index (χ1v) is 11.5. The molecule has 0 saturated heterocycles. The van der Waals surface area contributed by atoms with Gasteiger partial charge in [-0.1, -0.05) is 32.4 Å². The normalized spacial score (nSPS) is 15.7. The van der Waals surface area contributed by atoms with Crippen LogP contribution in [0, 0.1) is 17.0 Å². The van der Waals surface area contributed by atoms with Gasteiger partial charge in [0.2, 0.25) is 0 Å². The Morgan fingerprint density at radius 1 is 1.23 bits per heavy atom. The minimum atomic E-state index is -1.08. The number of rotatable bonds is 6. The average Bonchev–Trinajstić information content (AvgIpc) is 3.44. The van der Waals surface area contributed by atoms with E-state index in [0.29, 0.717) is 13.1 Å². The third-order valence-electron chi connectivity index (χ3n) is 4.99. The van der Waals surface area contributed by atoms with E-state index in [2.05, 4.69) is 30.5 Å². The van der Waals surface area contributed by atoms with Crippen LogP contribution in [0.1, 0.15) is 39.2 Å². The fourth-order valence-corrected chi connectivity index (χ4v) is 4.75. The van der Waals surface area contributed by atoms with Crippen molar-refractivity contribution in [2.24, 2.45) is 5.41 Å². The van der Waals surface area contributed by atoms with Gasteiger partial charge in [-0.25, -0.2) is 17.7 Å². The smallest absolute Gasteiger partial charge is 0.151 e. The molecule has 1 aliphatic rings. The fourth-order valence-electron chi connectivity index (χ4n) is 3.51. The summed E-state index contributed by atoms with van der Waals surface area (Å²) in [4.78, 5) is 4.00. The zero-order valence-electron chi connectivity index (χ0n) is 17.1. The molecule has 1 N–H and O–H groups in total. The van der Waals surface area contributed by atoms with E-state index in [4.69, 9.17) is 11.6 Å². The highest BCUT2D eigenvalue weighted by Crippen LogP contribution is 2.33. The number of benzene rings is 1. The highest BCUT2D eigenvalue weighted by molar-refractivity contribution is 7.83. The molecule has 1 saturated carbocycles. The first kappa shape index (κ1) is 21.4. The highest BCUT2D eigenvalue weighted by atomic mass is 35.5. The van der Waals surface area contributed by atoms with Crippen LogP contribution >= 0.6 is 11.6 Å². The summed E-state index contributed by atoms with van der Waals surface area (Å²) in [6.45, 7) is 7.41. The Kier molecular flexibility index (Phi) is 5.72. The molecule has 0 amide bonds. The maximum Gasteiger partial charge on any atom is 0.151 e. The topological polar surface area (TPSA) is 46.9 Å². The highest BCUT2D eigenvalue weighted by Gasteiger charge is 2.28. The van der Waals surface area contributed by atoms with E-state index in [0.717, 1.165) is 35.4 Å². The molecule has 4 nitrogen and oxygen atoms in total. The molecule has 0 bridgehead atoms. The predicted molar refractivity (Wildman–Crippen MR) is 118 cm³/mol. The number of aromatic nitrogens is 2. The number of pyridine rings is 1. The molecule has 1 atom stereocenters. The molecule has 0 radical (unpaired) electrons. The first-order valence-electron chi connectivity index (χ1n) is 9.89. The zero-order chi connectivity index (χ0) is 21.6. The molecule has 2 aromatic heterocycles. The molecule has 4 rings (SSSR count). The van der Waals surface area contributed by atoms with Gasteiger partial charge in [-0.05, 0) is 42.0 Å². The Hall–Kier alpha value is -1.83. The molecule has 160 valence electrons. The van der Waals surface area contributed by atoms with E-state index in [1.54, 1.807) is 6.07 Å². The van der Waals surface area contributed by atoms with Gasteiger partial charge in [0.05, 0.1) is 16.0 Å². The van der Waals surface area contributed by atoms with Crippen molar-refractivity contribution in [1.82, 2.24) is 14.3 Å². The number of nitrogens with zero attached hydrogens (tertiary/aromatic N) is 2. The Morgan fingerprint density at radius 3 is 2.60 bits per heavy atom. The third kappa shape index (κ3) is 4.58. The Morgan fingerprint density at radius 2 is 1.97 bits per heavy atom. The summed E-state index contributed by atoms with van der Waals surface area (Å²) in [5, 5.41) is 1.09. The van der Waals surface area contributed by atoms with Crippen molar-refractivity contribution in [3.8, 4) is 11.3 Å². The standard InChI is InChI=1S/C22H24ClF2N3OS/c1-22(2,3)12-28-11-13(9-27-30(29)15-4-5-15)16-7-18(24)17(8-20(16)28)21-19(25)6-14(23)10-26-21/h6-8,10-11,15,27H,4-5,9,12H2,1-3H3.